The van der Waals surface area contributed by atoms with Crippen LogP contribution >= 0.6 is 0 Å². The minimum atomic E-state index is -0.586. The highest BCUT2D eigenvalue weighted by molar-refractivity contribution is 6.13. The molecule has 2 aliphatic rings. The number of fused-ring (bicyclic) bond motifs is 1. The van der Waals surface area contributed by atoms with E-state index in [4.69, 9.17) is 4.74 Å². The smallest absolute Gasteiger partial charge is 0.312 e. The topological polar surface area (TPSA) is 63.7 Å². The molecule has 1 aromatic carbocycles. The number of ether oxygens (including phenoxy) is 1. The van der Waals surface area contributed by atoms with Gasteiger partial charge in [-0.05, 0) is 31.4 Å². The first kappa shape index (κ1) is 14.5. The number of benzene rings is 1. The molecule has 2 amide bonds. The van der Waals surface area contributed by atoms with E-state index < -0.39 is 12.0 Å². The molecule has 0 aromatic heterocycles. The van der Waals surface area contributed by atoms with Crippen LogP contribution in [0, 0.1) is 5.92 Å². The Morgan fingerprint density at radius 1 is 1.18 bits per heavy atom. The first-order chi connectivity index (χ1) is 10.5. The van der Waals surface area contributed by atoms with Gasteiger partial charge in [0, 0.05) is 12.2 Å². The number of hydrogen-bond donors (Lipinski definition) is 0. The minimum absolute atomic E-state index is 0.236. The van der Waals surface area contributed by atoms with E-state index in [1.54, 1.807) is 13.8 Å². The summed E-state index contributed by atoms with van der Waals surface area (Å²) in [5.41, 5.74) is 1.82. The number of imide groups is 1. The minimum Gasteiger partial charge on any atom is -0.463 e. The molecular formula is C17H17NO4. The summed E-state index contributed by atoms with van der Waals surface area (Å²) >= 11 is 0. The number of carbonyl (C=O) groups is 3. The molecule has 22 heavy (non-hydrogen) atoms. The van der Waals surface area contributed by atoms with Gasteiger partial charge in [-0.2, -0.15) is 0 Å². The van der Waals surface area contributed by atoms with Crippen molar-refractivity contribution in [2.45, 2.75) is 32.4 Å². The molecule has 1 aromatic rings. The molecule has 5 heteroatoms. The zero-order chi connectivity index (χ0) is 15.9. The van der Waals surface area contributed by atoms with Crippen molar-refractivity contribution < 1.29 is 19.1 Å². The van der Waals surface area contributed by atoms with E-state index >= 15 is 0 Å². The third-order valence-electron chi connectivity index (χ3n) is 3.97. The summed E-state index contributed by atoms with van der Waals surface area (Å²) in [7, 11) is 0. The lowest BCUT2D eigenvalue weighted by molar-refractivity contribution is -0.156. The molecule has 1 aliphatic heterocycles. The largest absolute Gasteiger partial charge is 0.463 e. The molecule has 0 saturated heterocycles. The number of amides is 2. The zero-order valence-corrected chi connectivity index (χ0v) is 12.5. The Morgan fingerprint density at radius 3 is 2.45 bits per heavy atom. The highest BCUT2D eigenvalue weighted by Crippen LogP contribution is 2.42. The lowest BCUT2D eigenvalue weighted by Crippen LogP contribution is -2.39. The summed E-state index contributed by atoms with van der Waals surface area (Å²) in [5.74, 6) is -1.68. The molecule has 0 radical (unpaired) electrons. The molecule has 114 valence electrons. The summed E-state index contributed by atoms with van der Waals surface area (Å²) in [6.45, 7) is 3.56. The molecule has 2 atom stereocenters. The summed E-state index contributed by atoms with van der Waals surface area (Å²) < 4.78 is 5.32. The van der Waals surface area contributed by atoms with E-state index in [0.29, 0.717) is 6.42 Å². The second kappa shape index (κ2) is 5.40. The van der Waals surface area contributed by atoms with Gasteiger partial charge in [0.2, 0.25) is 0 Å². The van der Waals surface area contributed by atoms with Gasteiger partial charge in [-0.25, -0.2) is 0 Å². The van der Waals surface area contributed by atoms with Crippen molar-refractivity contribution in [1.29, 1.82) is 0 Å². The van der Waals surface area contributed by atoms with Gasteiger partial charge in [0.1, 0.15) is 0 Å². The molecule has 0 spiro atoms. The van der Waals surface area contributed by atoms with E-state index in [1.165, 1.54) is 12.2 Å². The number of nitrogens with zero attached hydrogens (tertiary/aromatic N) is 1. The number of esters is 1. The molecule has 0 unspecified atom stereocenters. The average Bonchev–Trinajstić information content (AvgIpc) is 2.99. The van der Waals surface area contributed by atoms with Gasteiger partial charge in [-0.1, -0.05) is 24.3 Å². The van der Waals surface area contributed by atoms with E-state index in [-0.39, 0.29) is 23.9 Å². The fourth-order valence-corrected chi connectivity index (χ4v) is 3.11. The quantitative estimate of drug-likeness (QED) is 0.630. The zero-order valence-electron chi connectivity index (χ0n) is 12.5. The molecular weight excluding hydrogens is 282 g/mol. The van der Waals surface area contributed by atoms with Gasteiger partial charge in [-0.15, -0.1) is 0 Å². The number of carbonyl (C=O) groups excluding carboxylic acids is 3. The molecule has 1 heterocycles. The average molecular weight is 299 g/mol. The van der Waals surface area contributed by atoms with Crippen molar-refractivity contribution in [3.05, 3.63) is 47.5 Å². The van der Waals surface area contributed by atoms with Crippen LogP contribution in [0.15, 0.2) is 36.4 Å². The Bertz CT molecular complexity index is 659. The fraction of sp³-hybridized carbons (Fsp3) is 0.353. The molecule has 0 fully saturated rings. The lowest BCUT2D eigenvalue weighted by Gasteiger charge is -2.28. The molecule has 0 N–H and O–H groups in total. The fourth-order valence-electron chi connectivity index (χ4n) is 3.11. The second-order valence-corrected chi connectivity index (χ2v) is 5.82. The van der Waals surface area contributed by atoms with Crippen LogP contribution in [0.25, 0.3) is 0 Å². The first-order valence-corrected chi connectivity index (χ1v) is 7.32. The van der Waals surface area contributed by atoms with E-state index in [1.807, 2.05) is 24.3 Å². The molecule has 0 bridgehead atoms. The Labute approximate surface area is 128 Å². The third-order valence-corrected chi connectivity index (χ3v) is 3.97. The monoisotopic (exact) mass is 299 g/mol. The number of rotatable bonds is 3. The summed E-state index contributed by atoms with van der Waals surface area (Å²) in [6.07, 6.45) is 2.73. The van der Waals surface area contributed by atoms with Crippen LogP contribution in [0.1, 0.15) is 31.0 Å². The van der Waals surface area contributed by atoms with Crippen molar-refractivity contribution in [3.63, 3.8) is 0 Å². The Morgan fingerprint density at radius 2 is 1.82 bits per heavy atom. The van der Waals surface area contributed by atoms with Crippen LogP contribution in [-0.4, -0.2) is 28.8 Å². The Hall–Kier alpha value is -2.43. The van der Waals surface area contributed by atoms with Gasteiger partial charge in [0.25, 0.3) is 11.8 Å². The first-order valence-electron chi connectivity index (χ1n) is 7.32. The number of hydrogen-bond acceptors (Lipinski definition) is 4. The van der Waals surface area contributed by atoms with Crippen molar-refractivity contribution in [2.24, 2.45) is 5.92 Å². The summed E-state index contributed by atoms with van der Waals surface area (Å²) in [4.78, 5) is 37.7. The van der Waals surface area contributed by atoms with Gasteiger partial charge in [-0.3, -0.25) is 19.3 Å². The normalized spacial score (nSPS) is 23.3. The lowest BCUT2D eigenvalue weighted by atomic mass is 9.99. The van der Waals surface area contributed by atoms with E-state index in [9.17, 15) is 14.4 Å². The van der Waals surface area contributed by atoms with Gasteiger partial charge in [0.15, 0.2) is 0 Å². The Kier molecular flexibility index (Phi) is 3.56. The molecule has 0 saturated carbocycles. The Balaban J connectivity index is 1.99. The van der Waals surface area contributed by atoms with Crippen molar-refractivity contribution in [2.75, 3.05) is 0 Å². The van der Waals surface area contributed by atoms with Crippen molar-refractivity contribution in [3.8, 4) is 0 Å². The molecule has 1 aliphatic carbocycles. The molecule has 3 rings (SSSR count). The standard InChI is InChI=1S/C17H17NO4/c1-10(2)22-17(21)13-9-11-5-3-4-6-12(11)16(13)18-14(19)7-8-15(18)20/h3-8,10,13,16H,9H2,1-2H3/t13-,16+/m0/s1. The van der Waals surface area contributed by atoms with Gasteiger partial charge in [0.05, 0.1) is 18.1 Å². The summed E-state index contributed by atoms with van der Waals surface area (Å²) in [5, 5.41) is 0. The predicted octanol–water partition coefficient (Wildman–Crippen LogP) is 1.78. The van der Waals surface area contributed by atoms with Crippen molar-refractivity contribution in [1.82, 2.24) is 4.90 Å². The van der Waals surface area contributed by atoms with E-state index in [0.717, 1.165) is 16.0 Å². The maximum absolute atomic E-state index is 12.4. The van der Waals surface area contributed by atoms with Gasteiger partial charge >= 0.3 is 5.97 Å². The van der Waals surface area contributed by atoms with Crippen LogP contribution in [0.2, 0.25) is 0 Å². The van der Waals surface area contributed by atoms with Gasteiger partial charge < -0.3 is 4.74 Å². The van der Waals surface area contributed by atoms with Crippen LogP contribution in [0.4, 0.5) is 0 Å². The van der Waals surface area contributed by atoms with Crippen LogP contribution in [0.5, 0.6) is 0 Å². The maximum atomic E-state index is 12.4. The SMILES string of the molecule is CC(C)OC(=O)[C@H]1Cc2ccccc2[C@H]1N1C(=O)C=CC1=O. The highest BCUT2D eigenvalue weighted by Gasteiger charge is 2.46. The van der Waals surface area contributed by atoms with Crippen molar-refractivity contribution >= 4 is 17.8 Å². The van der Waals surface area contributed by atoms with E-state index in [2.05, 4.69) is 0 Å². The summed E-state index contributed by atoms with van der Waals surface area (Å²) in [6, 6.07) is 6.93. The highest BCUT2D eigenvalue weighted by atomic mass is 16.5. The van der Waals surface area contributed by atoms with Crippen LogP contribution < -0.4 is 0 Å². The molecule has 5 nitrogen and oxygen atoms in total. The van der Waals surface area contributed by atoms with Crippen LogP contribution in [-0.2, 0) is 25.5 Å². The predicted molar refractivity (Wildman–Crippen MR) is 78.6 cm³/mol. The second-order valence-electron chi connectivity index (χ2n) is 5.82. The third kappa shape index (κ3) is 2.32. The maximum Gasteiger partial charge on any atom is 0.312 e. The van der Waals surface area contributed by atoms with Crippen LogP contribution in [0.3, 0.4) is 0 Å².